The van der Waals surface area contributed by atoms with E-state index < -0.39 is 28.2 Å². The molecule has 3 rings (SSSR count). The van der Waals surface area contributed by atoms with Crippen LogP contribution in [0.2, 0.25) is 0 Å². The second-order valence-electron chi connectivity index (χ2n) is 5.94. The van der Waals surface area contributed by atoms with Crippen molar-refractivity contribution in [3.63, 3.8) is 0 Å². The van der Waals surface area contributed by atoms with Crippen molar-refractivity contribution < 1.29 is 49.5 Å². The molecule has 1 heterocycles. The zero-order valence-electron chi connectivity index (χ0n) is 14.3. The number of aromatic hydroxyl groups is 1. The number of halogens is 4. The number of carbonyl (C=O) groups is 1. The topological polar surface area (TPSA) is 89.2 Å². The summed E-state index contributed by atoms with van der Waals surface area (Å²) in [4.78, 5) is 22.9. The summed E-state index contributed by atoms with van der Waals surface area (Å²) in [5, 5.41) is 20.8. The first-order chi connectivity index (χ1) is 12.6. The van der Waals surface area contributed by atoms with Crippen LogP contribution in [0, 0.1) is 10.1 Å². The molecule has 0 aliphatic carbocycles. The van der Waals surface area contributed by atoms with Gasteiger partial charge in [0.2, 0.25) is 12.1 Å². The van der Waals surface area contributed by atoms with Gasteiger partial charge in [0, 0.05) is 6.07 Å². The molecule has 0 aliphatic heterocycles. The number of hydrogen-bond donors (Lipinski definition) is 1. The fraction of sp³-hybridized carbons (Fsp3) is 0.176. The summed E-state index contributed by atoms with van der Waals surface area (Å²) in [5.41, 5.74) is -0.452. The van der Waals surface area contributed by atoms with Crippen molar-refractivity contribution in [1.29, 1.82) is 0 Å². The third-order valence-corrected chi connectivity index (χ3v) is 4.11. The number of phenols is 1. The number of nitro benzene ring substituents is 1. The van der Waals surface area contributed by atoms with Crippen LogP contribution in [-0.2, 0) is 19.8 Å². The number of carbonyl (C=O) groups excluding carboxylic acids is 1. The fourth-order valence-electron chi connectivity index (χ4n) is 2.80. The molecule has 7 nitrogen and oxygen atoms in total. The van der Waals surface area contributed by atoms with Gasteiger partial charge in [-0.05, 0) is 24.3 Å². The zero-order chi connectivity index (χ0) is 19.9. The Morgan fingerprint density at radius 2 is 1.93 bits per heavy atom. The van der Waals surface area contributed by atoms with E-state index in [1.807, 2.05) is 0 Å². The highest BCUT2D eigenvalue weighted by Gasteiger charge is 2.32. The molecular formula is C17H13BrF3N3O4. The van der Waals surface area contributed by atoms with E-state index in [1.54, 1.807) is 11.6 Å². The molecule has 1 N–H and O–H groups in total. The highest BCUT2D eigenvalue weighted by atomic mass is 79.9. The van der Waals surface area contributed by atoms with E-state index in [2.05, 4.69) is 0 Å². The molecule has 0 fully saturated rings. The Morgan fingerprint density at radius 3 is 2.50 bits per heavy atom. The van der Waals surface area contributed by atoms with Gasteiger partial charge in [-0.1, -0.05) is 0 Å². The number of aromatic nitrogens is 2. The maximum absolute atomic E-state index is 12.7. The van der Waals surface area contributed by atoms with Crippen LogP contribution in [0.25, 0.3) is 11.0 Å². The molecule has 0 radical (unpaired) electrons. The second kappa shape index (κ2) is 7.58. The monoisotopic (exact) mass is 459 g/mol. The summed E-state index contributed by atoms with van der Waals surface area (Å²) in [6, 6.07) is 6.28. The lowest BCUT2D eigenvalue weighted by molar-refractivity contribution is -0.657. The standard InChI is InChI=1S/C17H12F3N3O4.BrH/c1-21-9-22(14-7-11(23(26)27)3-5-13(14)21)8-16(25)12-4-2-10(6-15(12)24)17(18,19)20;/h2-7,9H,8H2,1H3;1H. The number of Topliss-reactive ketones (excluding diaryl/α,β-unsaturated/α-hetero) is 1. The van der Waals surface area contributed by atoms with Crippen molar-refractivity contribution in [2.45, 2.75) is 12.7 Å². The predicted molar refractivity (Wildman–Crippen MR) is 87.2 cm³/mol. The van der Waals surface area contributed by atoms with Crippen LogP contribution in [0.5, 0.6) is 5.75 Å². The van der Waals surface area contributed by atoms with E-state index in [9.17, 15) is 33.2 Å². The van der Waals surface area contributed by atoms with Gasteiger partial charge in [0.15, 0.2) is 17.6 Å². The number of imidazole rings is 1. The Morgan fingerprint density at radius 1 is 1.25 bits per heavy atom. The molecule has 28 heavy (non-hydrogen) atoms. The predicted octanol–water partition coefficient (Wildman–Crippen LogP) is -0.0147. The van der Waals surface area contributed by atoms with Crippen LogP contribution in [-0.4, -0.2) is 20.4 Å². The third-order valence-electron chi connectivity index (χ3n) is 4.11. The van der Waals surface area contributed by atoms with Gasteiger partial charge < -0.3 is 22.1 Å². The first-order valence-electron chi connectivity index (χ1n) is 7.64. The number of benzene rings is 2. The van der Waals surface area contributed by atoms with Crippen molar-refractivity contribution in [2.75, 3.05) is 0 Å². The molecule has 11 heteroatoms. The smallest absolute Gasteiger partial charge is 0.416 e. The van der Waals surface area contributed by atoms with Gasteiger partial charge in [-0.25, -0.2) is 9.13 Å². The molecule has 1 aromatic heterocycles. The minimum Gasteiger partial charge on any atom is -1.00 e. The lowest BCUT2D eigenvalue weighted by atomic mass is 10.1. The Balaban J connectivity index is 0.00000280. The van der Waals surface area contributed by atoms with Crippen molar-refractivity contribution in [1.82, 2.24) is 4.57 Å². The molecule has 0 bridgehead atoms. The molecule has 0 unspecified atom stereocenters. The van der Waals surface area contributed by atoms with Crippen molar-refractivity contribution in [3.05, 3.63) is 64.0 Å². The number of rotatable bonds is 4. The van der Waals surface area contributed by atoms with Gasteiger partial charge >= 0.3 is 6.18 Å². The molecule has 3 aromatic rings. The number of non-ortho nitro benzene ring substituents is 1. The molecule has 2 aromatic carbocycles. The zero-order valence-corrected chi connectivity index (χ0v) is 15.9. The van der Waals surface area contributed by atoms with E-state index in [0.29, 0.717) is 23.2 Å². The van der Waals surface area contributed by atoms with Gasteiger partial charge in [0.05, 0.1) is 29.2 Å². The average Bonchev–Trinajstić information content (AvgIpc) is 2.89. The first kappa shape index (κ1) is 21.4. The number of nitro groups is 1. The van der Waals surface area contributed by atoms with Gasteiger partial charge in [-0.3, -0.25) is 14.9 Å². The quantitative estimate of drug-likeness (QED) is 0.257. The van der Waals surface area contributed by atoms with E-state index in [4.69, 9.17) is 0 Å². The molecule has 0 saturated carbocycles. The van der Waals surface area contributed by atoms with Crippen LogP contribution in [0.3, 0.4) is 0 Å². The summed E-state index contributed by atoms with van der Waals surface area (Å²) >= 11 is 0. The Kier molecular flexibility index (Phi) is 5.78. The summed E-state index contributed by atoms with van der Waals surface area (Å²) in [6.45, 7) is -0.308. The van der Waals surface area contributed by atoms with E-state index in [1.165, 1.54) is 29.1 Å². The van der Waals surface area contributed by atoms with Gasteiger partial charge in [-0.2, -0.15) is 13.2 Å². The number of fused-ring (bicyclic) bond motifs is 1. The van der Waals surface area contributed by atoms with Gasteiger partial charge in [0.25, 0.3) is 5.69 Å². The number of phenolic OH excluding ortho intramolecular Hbond substituents is 1. The highest BCUT2D eigenvalue weighted by molar-refractivity contribution is 5.98. The van der Waals surface area contributed by atoms with Gasteiger partial charge in [-0.15, -0.1) is 0 Å². The molecule has 0 amide bonds. The van der Waals surface area contributed by atoms with E-state index >= 15 is 0 Å². The van der Waals surface area contributed by atoms with Crippen LogP contribution < -0.4 is 21.5 Å². The van der Waals surface area contributed by atoms with E-state index in [-0.39, 0.29) is 34.8 Å². The molecule has 148 valence electrons. The molecular weight excluding hydrogens is 447 g/mol. The number of alkyl halides is 3. The first-order valence-corrected chi connectivity index (χ1v) is 7.64. The fourth-order valence-corrected chi connectivity index (χ4v) is 2.80. The molecule has 0 atom stereocenters. The number of nitrogens with zero attached hydrogens (tertiary/aromatic N) is 3. The van der Waals surface area contributed by atoms with Crippen molar-refractivity contribution in [2.24, 2.45) is 7.05 Å². The van der Waals surface area contributed by atoms with E-state index in [0.717, 1.165) is 6.07 Å². The maximum Gasteiger partial charge on any atom is 0.416 e. The average molecular weight is 460 g/mol. The Bertz CT molecular complexity index is 1080. The summed E-state index contributed by atoms with van der Waals surface area (Å²) in [7, 11) is 1.69. The Hall–Kier alpha value is -2.95. The van der Waals surface area contributed by atoms with Crippen LogP contribution in [0.15, 0.2) is 42.7 Å². The Labute approximate surface area is 166 Å². The third kappa shape index (κ3) is 3.98. The van der Waals surface area contributed by atoms with Crippen LogP contribution in [0.4, 0.5) is 18.9 Å². The van der Waals surface area contributed by atoms with Crippen molar-refractivity contribution >= 4 is 22.5 Å². The summed E-state index contributed by atoms with van der Waals surface area (Å²) in [6.07, 6.45) is -3.10. The number of aryl methyl sites for hydroxylation is 1. The molecule has 0 saturated heterocycles. The van der Waals surface area contributed by atoms with Gasteiger partial charge in [0.1, 0.15) is 5.75 Å². The van der Waals surface area contributed by atoms with Crippen molar-refractivity contribution in [3.8, 4) is 5.75 Å². The van der Waals surface area contributed by atoms with Crippen LogP contribution in [0.1, 0.15) is 15.9 Å². The summed E-state index contributed by atoms with van der Waals surface area (Å²) < 4.78 is 41.1. The molecule has 0 spiro atoms. The van der Waals surface area contributed by atoms with Crippen LogP contribution >= 0.6 is 0 Å². The second-order valence-corrected chi connectivity index (χ2v) is 5.94. The number of hydrogen-bond acceptors (Lipinski definition) is 4. The normalized spacial score (nSPS) is 11.3. The molecule has 0 aliphatic rings. The summed E-state index contributed by atoms with van der Waals surface area (Å²) in [5.74, 6) is -1.41. The SMILES string of the molecule is Cn1c[n+](CC(=O)c2ccc(C(F)(F)F)cc2O)c2cc([N+](=O)[O-])ccc21.[Br-]. The maximum atomic E-state index is 12.7. The highest BCUT2D eigenvalue weighted by Crippen LogP contribution is 2.32. The minimum atomic E-state index is -4.64. The number of ketones is 1. The lowest BCUT2D eigenvalue weighted by Crippen LogP contribution is -3.00. The lowest BCUT2D eigenvalue weighted by Gasteiger charge is -2.09. The minimum absolute atomic E-state index is 0. The largest absolute Gasteiger partial charge is 1.00 e.